The topological polar surface area (TPSA) is 84.5 Å². The zero-order valence-corrected chi connectivity index (χ0v) is 15.2. The van der Waals surface area contributed by atoms with Gasteiger partial charge < -0.3 is 15.4 Å². The number of benzene rings is 2. The number of esters is 1. The van der Waals surface area contributed by atoms with Gasteiger partial charge in [0.25, 0.3) is 5.91 Å². The van der Waals surface area contributed by atoms with Crippen molar-refractivity contribution in [2.24, 2.45) is 0 Å². The van der Waals surface area contributed by atoms with Gasteiger partial charge in [0.2, 0.25) is 5.91 Å². The minimum atomic E-state index is -1.12. The molecule has 0 saturated heterocycles. The maximum Gasteiger partial charge on any atom is 0.308 e. The molecular formula is C19H17FN2O4S. The van der Waals surface area contributed by atoms with Gasteiger partial charge in [-0.25, -0.2) is 4.39 Å². The van der Waals surface area contributed by atoms with Crippen molar-refractivity contribution in [2.75, 3.05) is 10.6 Å². The third kappa shape index (κ3) is 4.65. The number of halogens is 1. The molecule has 2 aromatic carbocycles. The predicted octanol–water partition coefficient (Wildman–Crippen LogP) is 3.20. The summed E-state index contributed by atoms with van der Waals surface area (Å²) < 4.78 is 18.7. The smallest absolute Gasteiger partial charge is 0.308 e. The minimum absolute atomic E-state index is 0.00391. The third-order valence-corrected chi connectivity index (χ3v) is 5.14. The van der Waals surface area contributed by atoms with Crippen LogP contribution in [0.1, 0.15) is 13.3 Å². The number of carbonyl (C=O) groups excluding carboxylic acids is 3. The Morgan fingerprint density at radius 2 is 1.93 bits per heavy atom. The quantitative estimate of drug-likeness (QED) is 0.769. The number of fused-ring (bicyclic) bond motifs is 1. The predicted molar refractivity (Wildman–Crippen MR) is 99.9 cm³/mol. The van der Waals surface area contributed by atoms with E-state index in [9.17, 15) is 18.8 Å². The number of carbonyl (C=O) groups is 3. The summed E-state index contributed by atoms with van der Waals surface area (Å²) in [5, 5.41) is 4.46. The number of para-hydroxylation sites is 2. The van der Waals surface area contributed by atoms with Crippen LogP contribution in [0.5, 0.6) is 0 Å². The first-order valence-corrected chi connectivity index (χ1v) is 9.13. The summed E-state index contributed by atoms with van der Waals surface area (Å²) in [4.78, 5) is 37.2. The van der Waals surface area contributed by atoms with Crippen LogP contribution in [0.4, 0.5) is 15.8 Å². The summed E-state index contributed by atoms with van der Waals surface area (Å²) in [7, 11) is 0. The highest BCUT2D eigenvalue weighted by atomic mass is 32.2. The fourth-order valence-corrected chi connectivity index (χ4v) is 3.57. The Morgan fingerprint density at radius 3 is 2.70 bits per heavy atom. The standard InChI is InChI=1S/C19H17FN2O4S/c1-11(18(24)21-13-7-3-2-6-12(13)20)26-17(23)10-16-19(25)22-14-8-4-5-9-15(14)27-16/h2-9,11,16H,10H2,1H3,(H,21,24)(H,22,25)/t11-,16+/m0/s1. The normalized spacial score (nSPS) is 16.7. The fourth-order valence-electron chi connectivity index (χ4n) is 2.47. The van der Waals surface area contributed by atoms with Crippen molar-refractivity contribution in [1.82, 2.24) is 0 Å². The van der Waals surface area contributed by atoms with E-state index >= 15 is 0 Å². The van der Waals surface area contributed by atoms with E-state index < -0.39 is 29.0 Å². The average Bonchev–Trinajstić information content (AvgIpc) is 2.64. The second-order valence-corrected chi connectivity index (χ2v) is 7.14. The highest BCUT2D eigenvalue weighted by Gasteiger charge is 2.30. The van der Waals surface area contributed by atoms with Crippen molar-refractivity contribution >= 4 is 40.9 Å². The Balaban J connectivity index is 1.55. The van der Waals surface area contributed by atoms with Crippen LogP contribution in [0.15, 0.2) is 53.4 Å². The molecule has 2 atom stereocenters. The zero-order valence-electron chi connectivity index (χ0n) is 14.4. The average molecular weight is 388 g/mol. The maximum absolute atomic E-state index is 13.6. The Labute approximate surface area is 159 Å². The number of hydrogen-bond donors (Lipinski definition) is 2. The van der Waals surface area contributed by atoms with E-state index in [1.165, 1.54) is 36.9 Å². The number of amides is 2. The molecule has 1 aliphatic rings. The zero-order chi connectivity index (χ0) is 19.4. The highest BCUT2D eigenvalue weighted by molar-refractivity contribution is 8.01. The molecule has 0 bridgehead atoms. The van der Waals surface area contributed by atoms with Gasteiger partial charge in [-0.2, -0.15) is 0 Å². The molecule has 2 amide bonds. The van der Waals surface area contributed by atoms with Gasteiger partial charge in [0.05, 0.1) is 23.0 Å². The summed E-state index contributed by atoms with van der Waals surface area (Å²) in [5.74, 6) is -2.21. The summed E-state index contributed by atoms with van der Waals surface area (Å²) in [6.07, 6.45) is -1.30. The summed E-state index contributed by atoms with van der Waals surface area (Å²) in [5.41, 5.74) is 0.707. The lowest BCUT2D eigenvalue weighted by Crippen LogP contribution is -2.34. The molecule has 3 rings (SSSR count). The molecule has 1 heterocycles. The first-order chi connectivity index (χ1) is 12.9. The molecule has 0 unspecified atom stereocenters. The molecule has 0 radical (unpaired) electrons. The Bertz CT molecular complexity index is 890. The van der Waals surface area contributed by atoms with Crippen molar-refractivity contribution < 1.29 is 23.5 Å². The first-order valence-electron chi connectivity index (χ1n) is 8.25. The van der Waals surface area contributed by atoms with Gasteiger partial charge in [-0.15, -0.1) is 11.8 Å². The van der Waals surface area contributed by atoms with E-state index in [-0.39, 0.29) is 18.0 Å². The molecule has 0 aromatic heterocycles. The van der Waals surface area contributed by atoms with Gasteiger partial charge >= 0.3 is 5.97 Å². The van der Waals surface area contributed by atoms with Gasteiger partial charge in [-0.05, 0) is 31.2 Å². The second-order valence-electron chi connectivity index (χ2n) is 5.90. The van der Waals surface area contributed by atoms with Crippen LogP contribution >= 0.6 is 11.8 Å². The van der Waals surface area contributed by atoms with Gasteiger partial charge in [0.15, 0.2) is 6.10 Å². The number of ether oxygens (including phenoxy) is 1. The summed E-state index contributed by atoms with van der Waals surface area (Å²) in [6.45, 7) is 1.39. The summed E-state index contributed by atoms with van der Waals surface area (Å²) >= 11 is 1.27. The Kier molecular flexibility index (Phi) is 5.75. The molecule has 0 fully saturated rings. The Morgan fingerprint density at radius 1 is 1.22 bits per heavy atom. The van der Waals surface area contributed by atoms with E-state index in [0.29, 0.717) is 5.69 Å². The lowest BCUT2D eigenvalue weighted by Gasteiger charge is -2.23. The van der Waals surface area contributed by atoms with Crippen molar-refractivity contribution in [3.05, 3.63) is 54.3 Å². The van der Waals surface area contributed by atoms with Crippen LogP contribution in [0, 0.1) is 5.82 Å². The number of anilines is 2. The van der Waals surface area contributed by atoms with Crippen LogP contribution in [0.2, 0.25) is 0 Å². The monoisotopic (exact) mass is 388 g/mol. The van der Waals surface area contributed by atoms with E-state index in [1.54, 1.807) is 12.1 Å². The van der Waals surface area contributed by atoms with Gasteiger partial charge in [-0.1, -0.05) is 24.3 Å². The molecule has 6 nitrogen and oxygen atoms in total. The van der Waals surface area contributed by atoms with Crippen LogP contribution < -0.4 is 10.6 Å². The minimum Gasteiger partial charge on any atom is -0.452 e. The molecule has 0 spiro atoms. The maximum atomic E-state index is 13.6. The lowest BCUT2D eigenvalue weighted by atomic mass is 10.2. The molecule has 27 heavy (non-hydrogen) atoms. The molecule has 8 heteroatoms. The van der Waals surface area contributed by atoms with E-state index in [1.807, 2.05) is 18.2 Å². The van der Waals surface area contributed by atoms with E-state index in [4.69, 9.17) is 4.74 Å². The molecule has 0 saturated carbocycles. The number of thioether (sulfide) groups is 1. The molecule has 0 aliphatic carbocycles. The Hall–Kier alpha value is -2.87. The van der Waals surface area contributed by atoms with Crippen LogP contribution in [0.25, 0.3) is 0 Å². The van der Waals surface area contributed by atoms with Gasteiger partial charge in [-0.3, -0.25) is 14.4 Å². The van der Waals surface area contributed by atoms with Gasteiger partial charge in [0.1, 0.15) is 5.82 Å². The number of hydrogen-bond acceptors (Lipinski definition) is 5. The lowest BCUT2D eigenvalue weighted by molar-refractivity contribution is -0.153. The number of nitrogens with one attached hydrogen (secondary N) is 2. The van der Waals surface area contributed by atoms with Crippen molar-refractivity contribution in [3.63, 3.8) is 0 Å². The van der Waals surface area contributed by atoms with Crippen molar-refractivity contribution in [3.8, 4) is 0 Å². The first kappa shape index (κ1) is 18.9. The second kappa shape index (κ2) is 8.22. The van der Waals surface area contributed by atoms with Crippen LogP contribution in [-0.2, 0) is 19.1 Å². The van der Waals surface area contributed by atoms with Crippen molar-refractivity contribution in [1.29, 1.82) is 0 Å². The fraction of sp³-hybridized carbons (Fsp3) is 0.211. The molecule has 2 aromatic rings. The van der Waals surface area contributed by atoms with Crippen LogP contribution in [0.3, 0.4) is 0 Å². The van der Waals surface area contributed by atoms with Crippen LogP contribution in [-0.4, -0.2) is 29.1 Å². The summed E-state index contributed by atoms with van der Waals surface area (Å²) in [6, 6.07) is 13.0. The molecular weight excluding hydrogens is 371 g/mol. The molecule has 140 valence electrons. The third-order valence-electron chi connectivity index (χ3n) is 3.87. The van der Waals surface area contributed by atoms with Crippen molar-refractivity contribution in [2.45, 2.75) is 29.6 Å². The van der Waals surface area contributed by atoms with E-state index in [2.05, 4.69) is 10.6 Å². The SMILES string of the molecule is C[C@H](OC(=O)C[C@H]1Sc2ccccc2NC1=O)C(=O)Nc1ccccc1F. The van der Waals surface area contributed by atoms with E-state index in [0.717, 1.165) is 4.90 Å². The molecule has 1 aliphatic heterocycles. The highest BCUT2D eigenvalue weighted by Crippen LogP contribution is 2.36. The largest absolute Gasteiger partial charge is 0.452 e. The molecule has 2 N–H and O–H groups in total. The van der Waals surface area contributed by atoms with Gasteiger partial charge in [0, 0.05) is 4.90 Å². The number of rotatable bonds is 5.